The Bertz CT molecular complexity index is 647. The second-order valence-corrected chi connectivity index (χ2v) is 5.53. The minimum Gasteiger partial charge on any atom is -0.384 e. The Balaban J connectivity index is 1.99. The van der Waals surface area contributed by atoms with Gasteiger partial charge in [0.15, 0.2) is 0 Å². The Morgan fingerprint density at radius 3 is 2.76 bits per heavy atom. The number of ether oxygens (including phenoxy) is 1. The van der Waals surface area contributed by atoms with Gasteiger partial charge in [0.25, 0.3) is 5.56 Å². The molecule has 4 nitrogen and oxygen atoms in total. The van der Waals surface area contributed by atoms with Crippen LogP contribution in [0.15, 0.2) is 35.1 Å². The number of hydrogen-bond acceptors (Lipinski definition) is 3. The Kier molecular flexibility index (Phi) is 5.39. The van der Waals surface area contributed by atoms with Crippen LogP contribution in [0.1, 0.15) is 26.7 Å². The predicted molar refractivity (Wildman–Crippen MR) is 88.0 cm³/mol. The topological polar surface area (TPSA) is 43.3 Å². The number of nitrogens with one attached hydrogen (secondary N) is 1. The third kappa shape index (κ3) is 4.08. The molecule has 1 aromatic heterocycles. The second-order valence-electron chi connectivity index (χ2n) is 5.53. The van der Waals surface area contributed by atoms with Crippen molar-refractivity contribution in [3.05, 3.63) is 40.7 Å². The van der Waals surface area contributed by atoms with Gasteiger partial charge in [-0.05, 0) is 32.8 Å². The van der Waals surface area contributed by atoms with Crippen LogP contribution in [0.25, 0.3) is 10.9 Å². The SMILES string of the molecule is CC(C)OCCCCNc1cc(=O)n(C)c2ccccc12. The van der Waals surface area contributed by atoms with E-state index in [4.69, 9.17) is 4.74 Å². The summed E-state index contributed by atoms with van der Waals surface area (Å²) in [6, 6.07) is 9.63. The maximum atomic E-state index is 12.0. The second kappa shape index (κ2) is 7.27. The van der Waals surface area contributed by atoms with Gasteiger partial charge in [-0.2, -0.15) is 0 Å². The minimum absolute atomic E-state index is 0.0133. The molecule has 0 fully saturated rings. The van der Waals surface area contributed by atoms with Gasteiger partial charge in [-0.15, -0.1) is 0 Å². The van der Waals surface area contributed by atoms with Crippen LogP contribution < -0.4 is 10.9 Å². The molecule has 0 aliphatic heterocycles. The zero-order chi connectivity index (χ0) is 15.2. The van der Waals surface area contributed by atoms with E-state index >= 15 is 0 Å². The van der Waals surface area contributed by atoms with E-state index in [9.17, 15) is 4.79 Å². The minimum atomic E-state index is 0.0133. The van der Waals surface area contributed by atoms with Crippen molar-refractivity contribution in [2.45, 2.75) is 32.8 Å². The molecular weight excluding hydrogens is 264 g/mol. The number of para-hydroxylation sites is 1. The number of benzene rings is 1. The molecule has 0 atom stereocenters. The van der Waals surface area contributed by atoms with E-state index in [1.165, 1.54) is 0 Å². The van der Waals surface area contributed by atoms with Gasteiger partial charge in [0, 0.05) is 37.3 Å². The zero-order valence-corrected chi connectivity index (χ0v) is 13.1. The molecule has 0 aliphatic rings. The molecule has 0 spiro atoms. The summed E-state index contributed by atoms with van der Waals surface area (Å²) in [5, 5.41) is 4.46. The number of nitrogens with zero attached hydrogens (tertiary/aromatic N) is 1. The molecule has 0 bridgehead atoms. The smallest absolute Gasteiger partial charge is 0.252 e. The molecule has 0 saturated heterocycles. The lowest BCUT2D eigenvalue weighted by atomic mass is 10.1. The third-order valence-electron chi connectivity index (χ3n) is 3.49. The lowest BCUT2D eigenvalue weighted by Gasteiger charge is -2.12. The van der Waals surface area contributed by atoms with Crippen molar-refractivity contribution in [3.63, 3.8) is 0 Å². The summed E-state index contributed by atoms with van der Waals surface area (Å²) in [5.74, 6) is 0. The normalized spacial score (nSPS) is 11.2. The van der Waals surface area contributed by atoms with E-state index in [1.54, 1.807) is 17.7 Å². The summed E-state index contributed by atoms with van der Waals surface area (Å²) < 4.78 is 7.20. The average molecular weight is 288 g/mol. The maximum Gasteiger partial charge on any atom is 0.252 e. The van der Waals surface area contributed by atoms with Crippen LogP contribution in [-0.4, -0.2) is 23.8 Å². The lowest BCUT2D eigenvalue weighted by molar-refractivity contribution is 0.0765. The monoisotopic (exact) mass is 288 g/mol. The fraction of sp³-hybridized carbons (Fsp3) is 0.471. The molecular formula is C17H24N2O2. The number of fused-ring (bicyclic) bond motifs is 1. The first-order valence-electron chi connectivity index (χ1n) is 7.54. The average Bonchev–Trinajstić information content (AvgIpc) is 2.47. The van der Waals surface area contributed by atoms with Crippen LogP contribution in [0.4, 0.5) is 5.69 Å². The maximum absolute atomic E-state index is 12.0. The zero-order valence-electron chi connectivity index (χ0n) is 13.1. The molecule has 0 unspecified atom stereocenters. The molecule has 4 heteroatoms. The van der Waals surface area contributed by atoms with Gasteiger partial charge in [0.1, 0.15) is 0 Å². The van der Waals surface area contributed by atoms with E-state index in [-0.39, 0.29) is 5.56 Å². The third-order valence-corrected chi connectivity index (χ3v) is 3.49. The first-order valence-corrected chi connectivity index (χ1v) is 7.54. The van der Waals surface area contributed by atoms with Gasteiger partial charge in [0.2, 0.25) is 0 Å². The Labute approximate surface area is 125 Å². The summed E-state index contributed by atoms with van der Waals surface area (Å²) in [6.07, 6.45) is 2.34. The number of anilines is 1. The Morgan fingerprint density at radius 1 is 1.24 bits per heavy atom. The van der Waals surface area contributed by atoms with Gasteiger partial charge in [-0.1, -0.05) is 18.2 Å². The van der Waals surface area contributed by atoms with E-state index < -0.39 is 0 Å². The van der Waals surface area contributed by atoms with E-state index in [1.807, 2.05) is 38.1 Å². The largest absolute Gasteiger partial charge is 0.384 e. The van der Waals surface area contributed by atoms with E-state index in [0.717, 1.165) is 42.6 Å². The Hall–Kier alpha value is -1.81. The summed E-state index contributed by atoms with van der Waals surface area (Å²) in [5.41, 5.74) is 1.88. The first kappa shape index (κ1) is 15.6. The highest BCUT2D eigenvalue weighted by Crippen LogP contribution is 2.20. The van der Waals surface area contributed by atoms with E-state index in [0.29, 0.717) is 6.10 Å². The molecule has 0 amide bonds. The van der Waals surface area contributed by atoms with Crippen molar-refractivity contribution in [1.82, 2.24) is 4.57 Å². The summed E-state index contributed by atoms with van der Waals surface area (Å²) in [6.45, 7) is 5.73. The van der Waals surface area contributed by atoms with Crippen molar-refractivity contribution in [1.29, 1.82) is 0 Å². The van der Waals surface area contributed by atoms with Crippen molar-refractivity contribution < 1.29 is 4.74 Å². The van der Waals surface area contributed by atoms with Crippen LogP contribution >= 0.6 is 0 Å². The number of rotatable bonds is 7. The number of pyridine rings is 1. The lowest BCUT2D eigenvalue weighted by Crippen LogP contribution is -2.17. The van der Waals surface area contributed by atoms with Crippen molar-refractivity contribution in [2.75, 3.05) is 18.5 Å². The highest BCUT2D eigenvalue weighted by Gasteiger charge is 2.05. The summed E-state index contributed by atoms with van der Waals surface area (Å²) in [4.78, 5) is 12.0. The van der Waals surface area contributed by atoms with Gasteiger partial charge in [0.05, 0.1) is 11.6 Å². The molecule has 114 valence electrons. The van der Waals surface area contributed by atoms with Crippen molar-refractivity contribution >= 4 is 16.6 Å². The van der Waals surface area contributed by atoms with Gasteiger partial charge >= 0.3 is 0 Å². The molecule has 2 rings (SSSR count). The number of hydrogen-bond donors (Lipinski definition) is 1. The van der Waals surface area contributed by atoms with Crippen LogP contribution in [0.5, 0.6) is 0 Å². The molecule has 0 saturated carbocycles. The summed E-state index contributed by atoms with van der Waals surface area (Å²) in [7, 11) is 1.80. The number of aromatic nitrogens is 1. The van der Waals surface area contributed by atoms with Crippen molar-refractivity contribution in [2.24, 2.45) is 7.05 Å². The van der Waals surface area contributed by atoms with Crippen LogP contribution in [-0.2, 0) is 11.8 Å². The highest BCUT2D eigenvalue weighted by atomic mass is 16.5. The molecule has 1 heterocycles. The number of aryl methyl sites for hydroxylation is 1. The van der Waals surface area contributed by atoms with Crippen LogP contribution in [0.3, 0.4) is 0 Å². The first-order chi connectivity index (χ1) is 10.1. The molecule has 1 aromatic carbocycles. The quantitative estimate of drug-likeness (QED) is 0.796. The van der Waals surface area contributed by atoms with Crippen LogP contribution in [0.2, 0.25) is 0 Å². The highest BCUT2D eigenvalue weighted by molar-refractivity contribution is 5.91. The molecule has 21 heavy (non-hydrogen) atoms. The molecule has 0 radical (unpaired) electrons. The standard InChI is InChI=1S/C17H24N2O2/c1-13(2)21-11-7-6-10-18-15-12-17(20)19(3)16-9-5-4-8-14(15)16/h4-5,8-9,12-13,18H,6-7,10-11H2,1-3H3. The Morgan fingerprint density at radius 2 is 2.00 bits per heavy atom. The fourth-order valence-electron chi connectivity index (χ4n) is 2.33. The van der Waals surface area contributed by atoms with Gasteiger partial charge in [-0.25, -0.2) is 0 Å². The van der Waals surface area contributed by atoms with Gasteiger partial charge < -0.3 is 14.6 Å². The molecule has 2 aromatic rings. The molecule has 1 N–H and O–H groups in total. The number of unbranched alkanes of at least 4 members (excludes halogenated alkanes) is 1. The predicted octanol–water partition coefficient (Wildman–Crippen LogP) is 3.16. The summed E-state index contributed by atoms with van der Waals surface area (Å²) >= 11 is 0. The van der Waals surface area contributed by atoms with Crippen LogP contribution in [0, 0.1) is 0 Å². The fourth-order valence-corrected chi connectivity index (χ4v) is 2.33. The van der Waals surface area contributed by atoms with Gasteiger partial charge in [-0.3, -0.25) is 4.79 Å². The molecule has 0 aliphatic carbocycles. The van der Waals surface area contributed by atoms with E-state index in [2.05, 4.69) is 5.32 Å². The van der Waals surface area contributed by atoms with Crippen molar-refractivity contribution in [3.8, 4) is 0 Å².